The topological polar surface area (TPSA) is 49.7 Å². The van der Waals surface area contributed by atoms with Crippen LogP contribution < -0.4 is 4.89 Å². The Kier molecular flexibility index (Phi) is 2.25. The maximum absolute atomic E-state index is 8.60. The lowest BCUT2D eigenvalue weighted by Crippen LogP contribution is -1.85. The molecule has 0 spiro atoms. The first-order valence-electron chi connectivity index (χ1n) is 2.88. The average Bonchev–Trinajstić information content (AvgIpc) is 2.05. The molecule has 0 heterocycles. The zero-order valence-corrected chi connectivity index (χ0v) is 5.32. The summed E-state index contributed by atoms with van der Waals surface area (Å²) < 4.78 is 0. The Balaban J connectivity index is 2.80. The highest BCUT2D eigenvalue weighted by Gasteiger charge is 1.91. The Morgan fingerprint density at radius 3 is 2.20 bits per heavy atom. The van der Waals surface area contributed by atoms with Crippen LogP contribution in [0, 0.1) is 0 Å². The third-order valence-corrected chi connectivity index (χ3v) is 1.21. The van der Waals surface area contributed by atoms with E-state index in [-0.39, 0.29) is 6.61 Å². The fourth-order valence-electron chi connectivity index (χ4n) is 0.656. The van der Waals surface area contributed by atoms with Crippen LogP contribution in [0.3, 0.4) is 0 Å². The third-order valence-electron chi connectivity index (χ3n) is 1.21. The Bertz CT molecular complexity index is 170. The molecule has 2 N–H and O–H groups in total. The molecule has 0 saturated heterocycles. The van der Waals surface area contributed by atoms with Crippen LogP contribution in [0.15, 0.2) is 24.3 Å². The van der Waals surface area contributed by atoms with Crippen molar-refractivity contribution in [2.24, 2.45) is 0 Å². The number of hydrogen-bond acceptors (Lipinski definition) is 3. The standard InChI is InChI=1S/C7H8O3/c8-5-6-1-3-7(10-9)4-2-6/h1-4,8-9H,5H2. The fourth-order valence-corrected chi connectivity index (χ4v) is 0.656. The van der Waals surface area contributed by atoms with Gasteiger partial charge in [-0.1, -0.05) is 12.1 Å². The van der Waals surface area contributed by atoms with Gasteiger partial charge < -0.3 is 9.99 Å². The Morgan fingerprint density at radius 1 is 1.20 bits per heavy atom. The molecule has 3 heteroatoms. The van der Waals surface area contributed by atoms with Gasteiger partial charge in [-0.25, -0.2) is 5.26 Å². The second-order valence-corrected chi connectivity index (χ2v) is 1.89. The molecule has 0 amide bonds. The van der Waals surface area contributed by atoms with Crippen molar-refractivity contribution in [2.45, 2.75) is 6.61 Å². The monoisotopic (exact) mass is 140 g/mol. The Morgan fingerprint density at radius 2 is 1.80 bits per heavy atom. The molecule has 0 aliphatic heterocycles. The van der Waals surface area contributed by atoms with Crippen molar-refractivity contribution in [3.05, 3.63) is 29.8 Å². The van der Waals surface area contributed by atoms with E-state index >= 15 is 0 Å². The van der Waals surface area contributed by atoms with Crippen molar-refractivity contribution in [2.75, 3.05) is 0 Å². The molecule has 0 aliphatic carbocycles. The summed E-state index contributed by atoms with van der Waals surface area (Å²) in [6.07, 6.45) is 0. The van der Waals surface area contributed by atoms with Gasteiger partial charge in [-0.15, -0.1) is 0 Å². The molecule has 54 valence electrons. The molecule has 0 atom stereocenters. The van der Waals surface area contributed by atoms with Crippen molar-refractivity contribution in [1.29, 1.82) is 0 Å². The van der Waals surface area contributed by atoms with Gasteiger partial charge in [-0.05, 0) is 17.7 Å². The average molecular weight is 140 g/mol. The first-order valence-corrected chi connectivity index (χ1v) is 2.88. The molecule has 0 unspecified atom stereocenters. The number of benzene rings is 1. The van der Waals surface area contributed by atoms with Gasteiger partial charge in [-0.2, -0.15) is 0 Å². The molecule has 0 aromatic heterocycles. The van der Waals surface area contributed by atoms with Crippen LogP contribution in [0.1, 0.15) is 5.56 Å². The Labute approximate surface area is 58.4 Å². The van der Waals surface area contributed by atoms with Crippen LogP contribution >= 0.6 is 0 Å². The summed E-state index contributed by atoms with van der Waals surface area (Å²) in [6.45, 7) is 0.00566. The zero-order valence-electron chi connectivity index (χ0n) is 5.32. The highest BCUT2D eigenvalue weighted by molar-refractivity contribution is 5.26. The summed E-state index contributed by atoms with van der Waals surface area (Å²) in [6, 6.07) is 6.49. The molecule has 0 radical (unpaired) electrons. The lowest BCUT2D eigenvalue weighted by molar-refractivity contribution is -0.137. The van der Waals surface area contributed by atoms with Crippen LogP contribution in [-0.2, 0) is 6.61 Å². The van der Waals surface area contributed by atoms with Gasteiger partial charge in [0.05, 0.1) is 6.61 Å². The van der Waals surface area contributed by atoms with Crippen LogP contribution in [0.2, 0.25) is 0 Å². The van der Waals surface area contributed by atoms with Gasteiger partial charge in [0.1, 0.15) is 0 Å². The van der Waals surface area contributed by atoms with E-state index in [9.17, 15) is 0 Å². The summed E-state index contributed by atoms with van der Waals surface area (Å²) in [4.78, 5) is 3.93. The van der Waals surface area contributed by atoms with Crippen molar-refractivity contribution >= 4 is 0 Å². The summed E-state index contributed by atoms with van der Waals surface area (Å²) >= 11 is 0. The van der Waals surface area contributed by atoms with Crippen LogP contribution in [0.25, 0.3) is 0 Å². The first kappa shape index (κ1) is 7.05. The molecule has 1 aromatic carbocycles. The smallest absolute Gasteiger partial charge is 0.165 e. The SMILES string of the molecule is OCc1ccc(OO)cc1. The summed E-state index contributed by atoms with van der Waals surface area (Å²) in [7, 11) is 0. The van der Waals surface area contributed by atoms with E-state index < -0.39 is 0 Å². The highest BCUT2D eigenvalue weighted by Crippen LogP contribution is 2.10. The molecule has 3 nitrogen and oxygen atoms in total. The van der Waals surface area contributed by atoms with E-state index in [0.717, 1.165) is 5.56 Å². The summed E-state index contributed by atoms with van der Waals surface area (Å²) in [5.41, 5.74) is 0.792. The van der Waals surface area contributed by atoms with Crippen molar-refractivity contribution in [3.8, 4) is 5.75 Å². The van der Waals surface area contributed by atoms with Crippen LogP contribution in [0.4, 0.5) is 0 Å². The van der Waals surface area contributed by atoms with Crippen LogP contribution in [-0.4, -0.2) is 10.4 Å². The highest BCUT2D eigenvalue weighted by atomic mass is 17.1. The van der Waals surface area contributed by atoms with Gasteiger partial charge >= 0.3 is 0 Å². The summed E-state index contributed by atoms with van der Waals surface area (Å²) in [5, 5.41) is 16.7. The number of hydrogen-bond donors (Lipinski definition) is 2. The minimum atomic E-state index is 0.00566. The molecular weight excluding hydrogens is 132 g/mol. The number of aliphatic hydroxyl groups excluding tert-OH is 1. The maximum Gasteiger partial charge on any atom is 0.165 e. The third kappa shape index (κ3) is 1.46. The molecule has 10 heavy (non-hydrogen) atoms. The second kappa shape index (κ2) is 3.20. The second-order valence-electron chi connectivity index (χ2n) is 1.89. The molecule has 1 rings (SSSR count). The minimum absolute atomic E-state index is 0.00566. The predicted octanol–water partition coefficient (Wildman–Crippen LogP) is 1.03. The van der Waals surface area contributed by atoms with Crippen molar-refractivity contribution in [1.82, 2.24) is 0 Å². The normalized spacial score (nSPS) is 9.40. The van der Waals surface area contributed by atoms with Crippen LogP contribution in [0.5, 0.6) is 5.75 Å². The van der Waals surface area contributed by atoms with Crippen molar-refractivity contribution in [3.63, 3.8) is 0 Å². The molecule has 0 bridgehead atoms. The van der Waals surface area contributed by atoms with Gasteiger partial charge in [0, 0.05) is 0 Å². The molecule has 0 fully saturated rings. The largest absolute Gasteiger partial charge is 0.392 e. The predicted molar refractivity (Wildman–Crippen MR) is 35.6 cm³/mol. The molecule has 1 aromatic rings. The Hall–Kier alpha value is -1.06. The van der Waals surface area contributed by atoms with Gasteiger partial charge in [0.2, 0.25) is 0 Å². The molecule has 0 aliphatic rings. The number of aliphatic hydroxyl groups is 1. The van der Waals surface area contributed by atoms with E-state index in [1.165, 1.54) is 0 Å². The first-order chi connectivity index (χ1) is 4.86. The van der Waals surface area contributed by atoms with Gasteiger partial charge in [0.15, 0.2) is 5.75 Å². The van der Waals surface area contributed by atoms with E-state index in [0.29, 0.717) is 5.75 Å². The molecule has 0 saturated carbocycles. The lowest BCUT2D eigenvalue weighted by Gasteiger charge is -1.96. The van der Waals surface area contributed by atoms with Gasteiger partial charge in [0.25, 0.3) is 0 Å². The summed E-state index contributed by atoms with van der Waals surface area (Å²) in [5.74, 6) is 0.372. The van der Waals surface area contributed by atoms with E-state index in [2.05, 4.69) is 4.89 Å². The van der Waals surface area contributed by atoms with E-state index in [1.807, 2.05) is 0 Å². The van der Waals surface area contributed by atoms with Gasteiger partial charge in [-0.3, -0.25) is 0 Å². The lowest BCUT2D eigenvalue weighted by atomic mass is 10.2. The fraction of sp³-hybridized carbons (Fsp3) is 0.143. The maximum atomic E-state index is 8.60. The van der Waals surface area contributed by atoms with E-state index in [4.69, 9.17) is 10.4 Å². The minimum Gasteiger partial charge on any atom is -0.392 e. The zero-order chi connectivity index (χ0) is 7.40. The van der Waals surface area contributed by atoms with E-state index in [1.54, 1.807) is 24.3 Å². The quantitative estimate of drug-likeness (QED) is 0.476. The van der Waals surface area contributed by atoms with Crippen molar-refractivity contribution < 1.29 is 15.3 Å². The number of rotatable bonds is 2. The molecular formula is C7H8O3.